The van der Waals surface area contributed by atoms with Gasteiger partial charge in [-0.1, -0.05) is 35.9 Å². The van der Waals surface area contributed by atoms with E-state index in [-0.39, 0.29) is 22.8 Å². The second kappa shape index (κ2) is 4.81. The van der Waals surface area contributed by atoms with Gasteiger partial charge in [0.1, 0.15) is 10.6 Å². The second-order valence-electron chi connectivity index (χ2n) is 5.28. The fourth-order valence-corrected chi connectivity index (χ4v) is 3.71. The van der Waals surface area contributed by atoms with Crippen LogP contribution in [0.4, 0.5) is 5.69 Å². The first kappa shape index (κ1) is 13.3. The van der Waals surface area contributed by atoms with Crippen molar-refractivity contribution in [3.8, 4) is 0 Å². The van der Waals surface area contributed by atoms with Crippen LogP contribution in [0.2, 0.25) is 0 Å². The Labute approximate surface area is 131 Å². The Balaban J connectivity index is 1.74. The highest BCUT2D eigenvalue weighted by atomic mass is 32.2. The number of carbonyl (C=O) groups excluding carboxylic acids is 2. The zero-order chi connectivity index (χ0) is 15.3. The van der Waals surface area contributed by atoms with E-state index in [1.54, 1.807) is 12.1 Å². The molecule has 4 nitrogen and oxygen atoms in total. The molecular weight excluding hydrogens is 296 g/mol. The van der Waals surface area contributed by atoms with Crippen LogP contribution in [0.1, 0.15) is 5.56 Å². The van der Waals surface area contributed by atoms with E-state index in [1.165, 1.54) is 16.7 Å². The van der Waals surface area contributed by atoms with E-state index in [9.17, 15) is 9.59 Å². The van der Waals surface area contributed by atoms with Gasteiger partial charge in [0.15, 0.2) is 0 Å². The zero-order valence-electron chi connectivity index (χ0n) is 11.8. The second-order valence-corrected chi connectivity index (χ2v) is 6.43. The number of amides is 2. The summed E-state index contributed by atoms with van der Waals surface area (Å²) in [6.45, 7) is 1.96. The molecule has 2 aliphatic heterocycles. The number of anilines is 1. The average Bonchev–Trinajstić information content (AvgIpc) is 2.78. The molecule has 5 heteroatoms. The topological polar surface area (TPSA) is 49.7 Å². The molecule has 1 aliphatic carbocycles. The molecule has 0 saturated heterocycles. The van der Waals surface area contributed by atoms with Gasteiger partial charge in [0.05, 0.1) is 16.6 Å². The molecule has 0 bridgehead atoms. The van der Waals surface area contributed by atoms with Crippen molar-refractivity contribution in [1.29, 1.82) is 0 Å². The van der Waals surface area contributed by atoms with E-state index in [4.69, 9.17) is 0 Å². The number of benzene rings is 1. The highest BCUT2D eigenvalue weighted by Gasteiger charge is 2.43. The van der Waals surface area contributed by atoms with Gasteiger partial charge in [-0.25, -0.2) is 9.89 Å². The first-order valence-corrected chi connectivity index (χ1v) is 7.83. The maximum Gasteiger partial charge on any atom is 0.285 e. The number of rotatable bonds is 1. The van der Waals surface area contributed by atoms with Crippen LogP contribution in [-0.4, -0.2) is 22.8 Å². The van der Waals surface area contributed by atoms with E-state index < -0.39 is 0 Å². The Kier molecular flexibility index (Phi) is 2.90. The van der Waals surface area contributed by atoms with Gasteiger partial charge >= 0.3 is 0 Å². The summed E-state index contributed by atoms with van der Waals surface area (Å²) in [5, 5.41) is 0.0125. The number of allylic oxidation sites excluding steroid dienone is 3. The summed E-state index contributed by atoms with van der Waals surface area (Å²) >= 11 is 1.40. The fourth-order valence-electron chi connectivity index (χ4n) is 2.60. The summed E-state index contributed by atoms with van der Waals surface area (Å²) in [6, 6.07) is 7.34. The summed E-state index contributed by atoms with van der Waals surface area (Å²) in [5.74, 6) is -0.620. The van der Waals surface area contributed by atoms with Crippen LogP contribution in [0.3, 0.4) is 0 Å². The van der Waals surface area contributed by atoms with Gasteiger partial charge in [0.25, 0.3) is 11.8 Å². The van der Waals surface area contributed by atoms with Crippen LogP contribution in [0, 0.1) is 6.92 Å². The molecule has 2 heterocycles. The molecule has 1 unspecified atom stereocenters. The van der Waals surface area contributed by atoms with Crippen molar-refractivity contribution in [2.24, 2.45) is 4.99 Å². The molecule has 2 amide bonds. The number of carbonyl (C=O) groups is 2. The largest absolute Gasteiger partial charge is 0.285 e. The van der Waals surface area contributed by atoms with E-state index >= 15 is 0 Å². The van der Waals surface area contributed by atoms with E-state index in [1.807, 2.05) is 43.4 Å². The highest BCUT2D eigenvalue weighted by Crippen LogP contribution is 2.40. The third kappa shape index (κ3) is 1.89. The predicted octanol–water partition coefficient (Wildman–Crippen LogP) is 2.76. The number of hydrogen-bond donors (Lipinski definition) is 0. The van der Waals surface area contributed by atoms with Crippen LogP contribution in [-0.2, 0) is 9.59 Å². The number of aryl methyl sites for hydroxylation is 1. The molecule has 0 fully saturated rings. The molecule has 1 aromatic rings. The fraction of sp³-hybridized carbons (Fsp3) is 0.118. The first-order chi connectivity index (χ1) is 10.6. The van der Waals surface area contributed by atoms with Crippen LogP contribution < -0.4 is 4.90 Å². The van der Waals surface area contributed by atoms with Crippen molar-refractivity contribution in [3.63, 3.8) is 0 Å². The van der Waals surface area contributed by atoms with E-state index in [0.717, 1.165) is 11.3 Å². The van der Waals surface area contributed by atoms with Crippen molar-refractivity contribution in [2.45, 2.75) is 12.2 Å². The van der Waals surface area contributed by atoms with Crippen molar-refractivity contribution < 1.29 is 9.59 Å². The average molecular weight is 308 g/mol. The molecule has 0 aromatic heterocycles. The van der Waals surface area contributed by atoms with Gasteiger partial charge in [-0.15, -0.1) is 11.8 Å². The quantitative estimate of drug-likeness (QED) is 0.750. The standard InChI is InChI=1S/C17H12N2O2S/c1-10-6-8-11(9-7-10)19-16(20)14-15(17(19)21)22-13-5-3-2-4-12(13)18-14/h2-9,13H,1H3. The zero-order valence-corrected chi connectivity index (χ0v) is 12.6. The van der Waals surface area contributed by atoms with Crippen LogP contribution in [0.25, 0.3) is 0 Å². The van der Waals surface area contributed by atoms with Gasteiger partial charge in [0, 0.05) is 0 Å². The third-order valence-electron chi connectivity index (χ3n) is 3.75. The molecule has 1 aromatic carbocycles. The maximum absolute atomic E-state index is 12.6. The van der Waals surface area contributed by atoms with Crippen LogP contribution in [0.5, 0.6) is 0 Å². The Hall–Kier alpha value is -2.40. The minimum absolute atomic E-state index is 0.0125. The smallest absolute Gasteiger partial charge is 0.267 e. The number of hydrogen-bond acceptors (Lipinski definition) is 4. The lowest BCUT2D eigenvalue weighted by molar-refractivity contribution is -0.120. The normalized spacial score (nSPS) is 22.9. The van der Waals surface area contributed by atoms with Crippen molar-refractivity contribution in [2.75, 3.05) is 4.90 Å². The summed E-state index contributed by atoms with van der Waals surface area (Å²) in [7, 11) is 0. The highest BCUT2D eigenvalue weighted by molar-refractivity contribution is 8.05. The number of thioether (sulfide) groups is 1. The molecular formula is C17H12N2O2S. The monoisotopic (exact) mass is 308 g/mol. The number of fused-ring (bicyclic) bond motifs is 1. The molecule has 108 valence electrons. The lowest BCUT2D eigenvalue weighted by Gasteiger charge is -2.19. The van der Waals surface area contributed by atoms with Crippen molar-refractivity contribution >= 4 is 35.0 Å². The van der Waals surface area contributed by atoms with Gasteiger partial charge in [-0.2, -0.15) is 0 Å². The molecule has 1 atom stereocenters. The summed E-state index contributed by atoms with van der Waals surface area (Å²) in [5.41, 5.74) is 2.75. The van der Waals surface area contributed by atoms with Gasteiger partial charge in [-0.3, -0.25) is 9.59 Å². The molecule has 0 saturated carbocycles. The third-order valence-corrected chi connectivity index (χ3v) is 5.01. The van der Waals surface area contributed by atoms with Crippen LogP contribution in [0.15, 0.2) is 64.2 Å². The Morgan fingerprint density at radius 1 is 1.09 bits per heavy atom. The molecule has 3 aliphatic rings. The predicted molar refractivity (Wildman–Crippen MR) is 87.8 cm³/mol. The number of nitrogens with zero attached hydrogens (tertiary/aromatic N) is 2. The lowest BCUT2D eigenvalue weighted by atomic mass is 10.1. The van der Waals surface area contributed by atoms with E-state index in [2.05, 4.69) is 4.99 Å². The van der Waals surface area contributed by atoms with Crippen molar-refractivity contribution in [1.82, 2.24) is 0 Å². The van der Waals surface area contributed by atoms with Crippen molar-refractivity contribution in [3.05, 3.63) is 64.7 Å². The Morgan fingerprint density at radius 3 is 2.64 bits per heavy atom. The molecule has 0 N–H and O–H groups in total. The molecule has 4 rings (SSSR count). The van der Waals surface area contributed by atoms with E-state index in [0.29, 0.717) is 10.6 Å². The summed E-state index contributed by atoms with van der Waals surface area (Å²) < 4.78 is 0. The summed E-state index contributed by atoms with van der Waals surface area (Å²) in [4.78, 5) is 31.3. The first-order valence-electron chi connectivity index (χ1n) is 6.95. The Bertz CT molecular complexity index is 816. The molecule has 0 radical (unpaired) electrons. The van der Waals surface area contributed by atoms with Gasteiger partial charge in [0.2, 0.25) is 0 Å². The lowest BCUT2D eigenvalue weighted by Crippen LogP contribution is -2.31. The minimum Gasteiger partial charge on any atom is -0.267 e. The SMILES string of the molecule is Cc1ccc(N2C(=O)C3=C(SC4C=CC=CC4=N3)C2=O)cc1. The molecule has 22 heavy (non-hydrogen) atoms. The van der Waals surface area contributed by atoms with Gasteiger partial charge < -0.3 is 0 Å². The Morgan fingerprint density at radius 2 is 1.86 bits per heavy atom. The number of aliphatic imine (C=N–C) groups is 1. The molecule has 0 spiro atoms. The summed E-state index contributed by atoms with van der Waals surface area (Å²) in [6.07, 6.45) is 7.69. The minimum atomic E-state index is -0.342. The maximum atomic E-state index is 12.6. The van der Waals surface area contributed by atoms with Gasteiger partial charge in [-0.05, 0) is 25.1 Å². The van der Waals surface area contributed by atoms with Crippen LogP contribution >= 0.6 is 11.8 Å². The number of imide groups is 1.